The lowest BCUT2D eigenvalue weighted by Crippen LogP contribution is -2.47. The van der Waals surface area contributed by atoms with Crippen LogP contribution in [0.1, 0.15) is 59.4 Å². The Kier molecular flexibility index (Phi) is 8.95. The van der Waals surface area contributed by atoms with E-state index >= 15 is 0 Å². The van der Waals surface area contributed by atoms with Crippen molar-refractivity contribution in [2.24, 2.45) is 5.41 Å². The van der Waals surface area contributed by atoms with Crippen LogP contribution in [0, 0.1) is 5.41 Å². The number of benzene rings is 1. The van der Waals surface area contributed by atoms with Crippen LogP contribution in [-0.2, 0) is 16.0 Å². The maximum atomic E-state index is 12.6. The molecule has 2 rings (SSSR count). The van der Waals surface area contributed by atoms with Crippen LogP contribution in [0.5, 0.6) is 0 Å². The molecule has 0 radical (unpaired) electrons. The number of carbonyl (C=O) groups excluding carboxylic acids is 1. The predicted molar refractivity (Wildman–Crippen MR) is 134 cm³/mol. The fraction of sp³-hybridized carbons (Fsp3) is 0.379. The standard InChI is InChI=1S/C29H36O4/c1-21(16-17-25-23(3)13-10-18-28(25,4)5)11-9-12-22(2)19-26(30)29(33,27(31)32)20-24-14-7-6-8-15-24/h6-9,11-12,14-17,19,33H,10,13,18,20H2,1-5H3,(H,31,32). The summed E-state index contributed by atoms with van der Waals surface area (Å²) < 4.78 is 0. The first-order chi connectivity index (χ1) is 15.5. The molecule has 1 atom stereocenters. The van der Waals surface area contributed by atoms with E-state index in [-0.39, 0.29) is 11.8 Å². The predicted octanol–water partition coefficient (Wildman–Crippen LogP) is 6.15. The smallest absolute Gasteiger partial charge is 0.344 e. The van der Waals surface area contributed by atoms with Gasteiger partial charge in [0.05, 0.1) is 0 Å². The van der Waals surface area contributed by atoms with Gasteiger partial charge in [0.1, 0.15) is 0 Å². The molecule has 0 fully saturated rings. The molecule has 0 spiro atoms. The minimum Gasteiger partial charge on any atom is -0.479 e. The highest BCUT2D eigenvalue weighted by Crippen LogP contribution is 2.40. The number of aliphatic carboxylic acids is 1. The number of aliphatic hydroxyl groups is 1. The first-order valence-corrected chi connectivity index (χ1v) is 11.4. The van der Waals surface area contributed by atoms with E-state index in [2.05, 4.69) is 32.9 Å². The van der Waals surface area contributed by atoms with Crippen LogP contribution in [0.2, 0.25) is 0 Å². The average molecular weight is 449 g/mol. The molecule has 1 unspecified atom stereocenters. The summed E-state index contributed by atoms with van der Waals surface area (Å²) in [4.78, 5) is 24.3. The fourth-order valence-corrected chi connectivity index (χ4v) is 4.17. The third-order valence-electron chi connectivity index (χ3n) is 6.20. The second kappa shape index (κ2) is 11.2. The monoisotopic (exact) mass is 448 g/mol. The van der Waals surface area contributed by atoms with Crippen molar-refractivity contribution in [3.63, 3.8) is 0 Å². The molecule has 0 bridgehead atoms. The molecule has 1 aliphatic rings. The molecule has 0 amide bonds. The summed E-state index contributed by atoms with van der Waals surface area (Å²) in [7, 11) is 0. The Hall–Kier alpha value is -2.98. The molecule has 1 aliphatic carbocycles. The summed E-state index contributed by atoms with van der Waals surface area (Å²) in [5.41, 5.74) is 2.75. The highest BCUT2D eigenvalue weighted by Gasteiger charge is 2.42. The maximum absolute atomic E-state index is 12.6. The van der Waals surface area contributed by atoms with Gasteiger partial charge in [-0.05, 0) is 68.2 Å². The van der Waals surface area contributed by atoms with Crippen LogP contribution >= 0.6 is 0 Å². The largest absolute Gasteiger partial charge is 0.479 e. The lowest BCUT2D eigenvalue weighted by atomic mass is 9.72. The Morgan fingerprint density at radius 1 is 1.09 bits per heavy atom. The Balaban J connectivity index is 2.10. The third-order valence-corrected chi connectivity index (χ3v) is 6.20. The molecule has 1 aromatic carbocycles. The number of carboxylic acids is 1. The summed E-state index contributed by atoms with van der Waals surface area (Å²) in [6, 6.07) is 8.64. The number of hydrogen-bond donors (Lipinski definition) is 2. The molecule has 0 aromatic heterocycles. The molecule has 0 heterocycles. The molecule has 0 saturated carbocycles. The average Bonchev–Trinajstić information content (AvgIpc) is 2.73. The highest BCUT2D eigenvalue weighted by molar-refractivity contribution is 6.12. The van der Waals surface area contributed by atoms with Crippen molar-refractivity contribution in [2.75, 3.05) is 0 Å². The highest BCUT2D eigenvalue weighted by atomic mass is 16.4. The molecule has 4 heteroatoms. The van der Waals surface area contributed by atoms with E-state index < -0.39 is 17.4 Å². The van der Waals surface area contributed by atoms with Crippen LogP contribution in [0.25, 0.3) is 0 Å². The quantitative estimate of drug-likeness (QED) is 0.270. The van der Waals surface area contributed by atoms with E-state index in [1.807, 2.05) is 19.1 Å². The second-order valence-corrected chi connectivity index (χ2v) is 9.61. The van der Waals surface area contributed by atoms with Crippen LogP contribution in [0.4, 0.5) is 0 Å². The minimum absolute atomic E-state index is 0.190. The molecular weight excluding hydrogens is 412 g/mol. The van der Waals surface area contributed by atoms with Crippen LogP contribution in [-0.4, -0.2) is 27.6 Å². The molecule has 176 valence electrons. The van der Waals surface area contributed by atoms with Gasteiger partial charge in [-0.1, -0.05) is 85.7 Å². The van der Waals surface area contributed by atoms with Gasteiger partial charge in [-0.15, -0.1) is 0 Å². The number of rotatable bonds is 9. The van der Waals surface area contributed by atoms with Crippen LogP contribution in [0.15, 0.2) is 89.1 Å². The molecular formula is C29H36O4. The molecule has 0 saturated heterocycles. The van der Waals surface area contributed by atoms with Gasteiger partial charge in [-0.3, -0.25) is 4.79 Å². The summed E-state index contributed by atoms with van der Waals surface area (Å²) in [6.07, 6.45) is 14.3. The Labute approximate surface area is 197 Å². The zero-order valence-electron chi connectivity index (χ0n) is 20.4. The van der Waals surface area contributed by atoms with E-state index in [0.717, 1.165) is 12.0 Å². The van der Waals surface area contributed by atoms with Crippen molar-refractivity contribution in [1.29, 1.82) is 0 Å². The van der Waals surface area contributed by atoms with Gasteiger partial charge in [0.25, 0.3) is 0 Å². The van der Waals surface area contributed by atoms with Gasteiger partial charge in [0.15, 0.2) is 5.78 Å². The van der Waals surface area contributed by atoms with Crippen molar-refractivity contribution >= 4 is 11.8 Å². The third kappa shape index (κ3) is 7.26. The van der Waals surface area contributed by atoms with Gasteiger partial charge in [0, 0.05) is 6.42 Å². The van der Waals surface area contributed by atoms with Gasteiger partial charge < -0.3 is 10.2 Å². The first-order valence-electron chi connectivity index (χ1n) is 11.4. The second-order valence-electron chi connectivity index (χ2n) is 9.61. The summed E-state index contributed by atoms with van der Waals surface area (Å²) in [6.45, 7) is 10.5. The zero-order chi connectivity index (χ0) is 24.6. The van der Waals surface area contributed by atoms with E-state index in [1.54, 1.807) is 43.3 Å². The maximum Gasteiger partial charge on any atom is 0.344 e. The summed E-state index contributed by atoms with van der Waals surface area (Å²) >= 11 is 0. The molecule has 2 N–H and O–H groups in total. The Bertz CT molecular complexity index is 1020. The molecule has 4 nitrogen and oxygen atoms in total. The van der Waals surface area contributed by atoms with Gasteiger partial charge in [0.2, 0.25) is 5.60 Å². The number of hydrogen-bond acceptors (Lipinski definition) is 3. The number of carboxylic acid groups (broad SMARTS) is 1. The minimum atomic E-state index is -2.50. The van der Waals surface area contributed by atoms with Crippen molar-refractivity contribution < 1.29 is 19.8 Å². The zero-order valence-corrected chi connectivity index (χ0v) is 20.4. The number of allylic oxidation sites excluding steroid dienone is 9. The van der Waals surface area contributed by atoms with Gasteiger partial charge >= 0.3 is 5.97 Å². The van der Waals surface area contributed by atoms with E-state index in [9.17, 15) is 19.8 Å². The van der Waals surface area contributed by atoms with Gasteiger partial charge in [-0.2, -0.15) is 0 Å². The van der Waals surface area contributed by atoms with Crippen molar-refractivity contribution in [2.45, 2.75) is 65.9 Å². The fourth-order valence-electron chi connectivity index (χ4n) is 4.17. The lowest BCUT2D eigenvalue weighted by molar-refractivity contribution is -0.163. The molecule has 0 aliphatic heterocycles. The van der Waals surface area contributed by atoms with E-state index in [1.165, 1.54) is 30.1 Å². The topological polar surface area (TPSA) is 74.6 Å². The van der Waals surface area contributed by atoms with Gasteiger partial charge in [-0.25, -0.2) is 4.79 Å². The van der Waals surface area contributed by atoms with Crippen LogP contribution in [0.3, 0.4) is 0 Å². The van der Waals surface area contributed by atoms with Crippen molar-refractivity contribution in [3.8, 4) is 0 Å². The van der Waals surface area contributed by atoms with Crippen LogP contribution < -0.4 is 0 Å². The first kappa shape index (κ1) is 26.3. The summed E-state index contributed by atoms with van der Waals surface area (Å²) in [5, 5.41) is 20.1. The molecule has 1 aromatic rings. The number of ketones is 1. The van der Waals surface area contributed by atoms with Crippen molar-refractivity contribution in [3.05, 3.63) is 94.6 Å². The summed E-state index contributed by atoms with van der Waals surface area (Å²) in [5.74, 6) is -2.40. The Morgan fingerprint density at radius 3 is 2.36 bits per heavy atom. The van der Waals surface area contributed by atoms with Crippen molar-refractivity contribution in [1.82, 2.24) is 0 Å². The number of carbonyl (C=O) groups is 2. The Morgan fingerprint density at radius 2 is 1.76 bits per heavy atom. The van der Waals surface area contributed by atoms with E-state index in [4.69, 9.17) is 0 Å². The normalized spacial score (nSPS) is 19.2. The molecule has 33 heavy (non-hydrogen) atoms. The lowest BCUT2D eigenvalue weighted by Gasteiger charge is -2.32. The SMILES string of the molecule is CC(C=CC1=C(C)CCCC1(C)C)=CC=CC(C)=CC(=O)C(O)(Cc1ccccc1)C(=O)O. The van der Waals surface area contributed by atoms with E-state index in [0.29, 0.717) is 11.1 Å².